The summed E-state index contributed by atoms with van der Waals surface area (Å²) in [5, 5.41) is 14.2. The molecule has 3 heterocycles. The average Bonchev–Trinajstić information content (AvgIpc) is 3.10. The van der Waals surface area contributed by atoms with Crippen molar-refractivity contribution in [1.29, 1.82) is 0 Å². The molecule has 0 radical (unpaired) electrons. The van der Waals surface area contributed by atoms with Crippen LogP contribution in [0, 0.1) is 0 Å². The van der Waals surface area contributed by atoms with Crippen LogP contribution in [0.4, 0.5) is 4.79 Å². The SMILES string of the molecule is CCN1CCN(C(=O)N[C@H](C(=O)N[C@H]2C(=O)N3[C@H]2SC(C)(C)[C@H]3C(=O)O)c2ccccc2)C(=O)C1=O. The summed E-state index contributed by atoms with van der Waals surface area (Å²) in [7, 11) is 0. The molecule has 4 atom stereocenters. The average molecular weight is 518 g/mol. The first-order valence-corrected chi connectivity index (χ1v) is 12.3. The van der Waals surface area contributed by atoms with E-state index in [1.807, 2.05) is 0 Å². The summed E-state index contributed by atoms with van der Waals surface area (Å²) in [5.74, 6) is -4.12. The van der Waals surface area contributed by atoms with Crippen molar-refractivity contribution >= 4 is 47.4 Å². The predicted molar refractivity (Wildman–Crippen MR) is 127 cm³/mol. The molecule has 0 aliphatic carbocycles. The Morgan fingerprint density at radius 1 is 1.11 bits per heavy atom. The molecule has 0 unspecified atom stereocenters. The van der Waals surface area contributed by atoms with E-state index in [2.05, 4.69) is 10.6 Å². The Kier molecular flexibility index (Phi) is 6.69. The predicted octanol–water partition coefficient (Wildman–Crippen LogP) is -0.240. The molecule has 6 amide bonds. The molecular formula is C23H27N5O7S. The molecule has 3 aliphatic rings. The first-order chi connectivity index (χ1) is 17.0. The number of carboxylic acid groups (broad SMARTS) is 1. The minimum atomic E-state index is -1.26. The van der Waals surface area contributed by atoms with E-state index in [-0.39, 0.29) is 13.1 Å². The van der Waals surface area contributed by atoms with Gasteiger partial charge in [0.1, 0.15) is 23.5 Å². The van der Waals surface area contributed by atoms with Crippen molar-refractivity contribution in [3.8, 4) is 0 Å². The maximum absolute atomic E-state index is 13.3. The molecule has 12 nitrogen and oxygen atoms in total. The lowest BCUT2D eigenvalue weighted by Gasteiger charge is -2.44. The van der Waals surface area contributed by atoms with Crippen LogP contribution in [0.25, 0.3) is 0 Å². The number of nitrogens with one attached hydrogen (secondary N) is 2. The Morgan fingerprint density at radius 2 is 1.78 bits per heavy atom. The van der Waals surface area contributed by atoms with Gasteiger partial charge in [-0.25, -0.2) is 9.59 Å². The summed E-state index contributed by atoms with van der Waals surface area (Å²) in [6.45, 7) is 5.67. The van der Waals surface area contributed by atoms with Crippen molar-refractivity contribution in [2.24, 2.45) is 0 Å². The number of hydrogen-bond acceptors (Lipinski definition) is 7. The van der Waals surface area contributed by atoms with Gasteiger partial charge in [-0.15, -0.1) is 11.8 Å². The number of urea groups is 1. The maximum Gasteiger partial charge on any atom is 0.327 e. The lowest BCUT2D eigenvalue weighted by Crippen LogP contribution is -2.71. The zero-order chi connectivity index (χ0) is 26.4. The standard InChI is InChI=1S/C23H27N5O7S/c1-4-26-10-11-27(19(32)18(26)31)22(35)25-13(12-8-6-5-7-9-12)16(29)24-14-17(30)28-15(21(33)34)23(2,3)36-20(14)28/h5-9,13-15,20H,4,10-11H2,1-3H3,(H,24,29)(H,25,35)(H,33,34)/t13-,14-,15+,20-/m0/s1. The van der Waals surface area contributed by atoms with E-state index < -0.39 is 63.9 Å². The lowest BCUT2D eigenvalue weighted by atomic mass is 9.95. The molecule has 4 rings (SSSR count). The van der Waals surface area contributed by atoms with E-state index in [0.29, 0.717) is 12.1 Å². The highest BCUT2D eigenvalue weighted by Crippen LogP contribution is 2.50. The Balaban J connectivity index is 1.51. The number of likely N-dealkylation sites (N-methyl/N-ethyl adjacent to an activating group) is 1. The second-order valence-corrected chi connectivity index (χ2v) is 11.0. The third-order valence-corrected chi connectivity index (χ3v) is 8.14. The van der Waals surface area contributed by atoms with Crippen LogP contribution in [0.15, 0.2) is 30.3 Å². The fraction of sp³-hybridized carbons (Fsp3) is 0.478. The number of carbonyl (C=O) groups is 6. The molecule has 1 aromatic carbocycles. The topological polar surface area (TPSA) is 156 Å². The zero-order valence-corrected chi connectivity index (χ0v) is 20.8. The monoisotopic (exact) mass is 517 g/mol. The van der Waals surface area contributed by atoms with Gasteiger partial charge >= 0.3 is 23.8 Å². The Labute approximate surface area is 211 Å². The van der Waals surface area contributed by atoms with Gasteiger partial charge in [0.15, 0.2) is 0 Å². The quantitative estimate of drug-likeness (QED) is 0.345. The largest absolute Gasteiger partial charge is 0.480 e. The number of aliphatic carboxylic acids is 1. The van der Waals surface area contributed by atoms with Gasteiger partial charge in [-0.1, -0.05) is 30.3 Å². The van der Waals surface area contributed by atoms with Crippen LogP contribution >= 0.6 is 11.8 Å². The first kappa shape index (κ1) is 25.5. The minimum Gasteiger partial charge on any atom is -0.480 e. The summed E-state index contributed by atoms with van der Waals surface area (Å²) in [5.41, 5.74) is 0.403. The number of carbonyl (C=O) groups excluding carboxylic acids is 5. The minimum absolute atomic E-state index is 0.0200. The third kappa shape index (κ3) is 4.27. The summed E-state index contributed by atoms with van der Waals surface area (Å²) in [6, 6.07) is 4.11. The van der Waals surface area contributed by atoms with Gasteiger partial charge in [-0.3, -0.25) is 24.1 Å². The number of piperazine rings is 1. The van der Waals surface area contributed by atoms with E-state index in [1.54, 1.807) is 51.1 Å². The van der Waals surface area contributed by atoms with Crippen molar-refractivity contribution < 1.29 is 33.9 Å². The van der Waals surface area contributed by atoms with Gasteiger partial charge in [-0.2, -0.15) is 0 Å². The van der Waals surface area contributed by atoms with Gasteiger partial charge < -0.3 is 25.5 Å². The Hall–Kier alpha value is -3.61. The van der Waals surface area contributed by atoms with Gasteiger partial charge in [0.05, 0.1) is 0 Å². The second-order valence-electron chi connectivity index (χ2n) is 9.22. The molecule has 1 aromatic rings. The second kappa shape index (κ2) is 9.45. The molecule has 36 heavy (non-hydrogen) atoms. The molecule has 3 aliphatic heterocycles. The maximum atomic E-state index is 13.3. The van der Waals surface area contributed by atoms with E-state index in [4.69, 9.17) is 0 Å². The number of imide groups is 1. The lowest BCUT2D eigenvalue weighted by molar-refractivity contribution is -0.161. The highest BCUT2D eigenvalue weighted by Gasteiger charge is 2.64. The smallest absolute Gasteiger partial charge is 0.327 e. The fourth-order valence-electron chi connectivity index (χ4n) is 4.70. The highest BCUT2D eigenvalue weighted by molar-refractivity contribution is 8.01. The van der Waals surface area contributed by atoms with Gasteiger partial charge in [0.25, 0.3) is 0 Å². The number of hydrogen-bond donors (Lipinski definition) is 3. The summed E-state index contributed by atoms with van der Waals surface area (Å²) >= 11 is 1.28. The molecule has 192 valence electrons. The Morgan fingerprint density at radius 3 is 2.39 bits per heavy atom. The highest BCUT2D eigenvalue weighted by atomic mass is 32.2. The van der Waals surface area contributed by atoms with Gasteiger partial charge in [0, 0.05) is 24.4 Å². The van der Waals surface area contributed by atoms with Crippen molar-refractivity contribution in [2.75, 3.05) is 19.6 Å². The third-order valence-electron chi connectivity index (χ3n) is 6.57. The van der Waals surface area contributed by atoms with E-state index in [9.17, 15) is 33.9 Å². The number of rotatable bonds is 6. The van der Waals surface area contributed by atoms with Crippen LogP contribution in [0.3, 0.4) is 0 Å². The van der Waals surface area contributed by atoms with Crippen LogP contribution in [0.1, 0.15) is 32.4 Å². The van der Waals surface area contributed by atoms with E-state index in [0.717, 1.165) is 4.90 Å². The van der Waals surface area contributed by atoms with Crippen LogP contribution in [-0.2, 0) is 24.0 Å². The molecule has 3 N–H and O–H groups in total. The van der Waals surface area contributed by atoms with Crippen LogP contribution in [-0.4, -0.2) is 97.3 Å². The van der Waals surface area contributed by atoms with Crippen LogP contribution in [0.5, 0.6) is 0 Å². The normalized spacial score (nSPS) is 25.7. The van der Waals surface area contributed by atoms with Gasteiger partial charge in [-0.05, 0) is 26.3 Å². The summed E-state index contributed by atoms with van der Waals surface area (Å²) < 4.78 is -0.758. The number of nitrogens with zero attached hydrogens (tertiary/aromatic N) is 3. The van der Waals surface area contributed by atoms with Crippen molar-refractivity contribution in [1.82, 2.24) is 25.3 Å². The summed E-state index contributed by atoms with van der Waals surface area (Å²) in [4.78, 5) is 78.8. The Bertz CT molecular complexity index is 1130. The molecule has 3 fully saturated rings. The number of fused-ring (bicyclic) bond motifs is 1. The number of benzene rings is 1. The van der Waals surface area contributed by atoms with Crippen LogP contribution in [0.2, 0.25) is 0 Å². The molecule has 13 heteroatoms. The van der Waals surface area contributed by atoms with Crippen molar-refractivity contribution in [3.05, 3.63) is 35.9 Å². The van der Waals surface area contributed by atoms with Crippen molar-refractivity contribution in [3.63, 3.8) is 0 Å². The molecule has 3 saturated heterocycles. The molecular weight excluding hydrogens is 490 g/mol. The van der Waals surface area contributed by atoms with Crippen molar-refractivity contribution in [2.45, 2.75) is 49.0 Å². The van der Waals surface area contributed by atoms with E-state index in [1.165, 1.54) is 21.6 Å². The molecule has 0 saturated carbocycles. The van der Waals surface area contributed by atoms with E-state index >= 15 is 0 Å². The molecule has 0 aromatic heterocycles. The number of carboxylic acids is 1. The first-order valence-electron chi connectivity index (χ1n) is 11.5. The number of β-lactam (4-membered cyclic amide) rings is 1. The zero-order valence-electron chi connectivity index (χ0n) is 20.0. The fourth-order valence-corrected chi connectivity index (χ4v) is 6.32. The van der Waals surface area contributed by atoms with Gasteiger partial charge in [0.2, 0.25) is 11.8 Å². The summed E-state index contributed by atoms with van der Waals surface area (Å²) in [6.07, 6.45) is 0. The number of amides is 6. The van der Waals surface area contributed by atoms with Crippen LogP contribution < -0.4 is 10.6 Å². The molecule has 0 spiro atoms. The molecule has 0 bridgehead atoms. The number of thioether (sulfide) groups is 1.